The average Bonchev–Trinajstić information content (AvgIpc) is 2.39. The molecule has 1 N–H and O–H groups in total. The lowest BCUT2D eigenvalue weighted by Gasteiger charge is -2.34. The quantitative estimate of drug-likeness (QED) is 0.902. The van der Waals surface area contributed by atoms with Crippen LogP contribution in [0.1, 0.15) is 19.4 Å². The fraction of sp³-hybridized carbons (Fsp3) is 0.562. The van der Waals surface area contributed by atoms with Crippen molar-refractivity contribution in [2.45, 2.75) is 20.3 Å². The number of anilines is 1. The topological polar surface area (TPSA) is 43.8 Å². The van der Waals surface area contributed by atoms with Crippen molar-refractivity contribution in [3.8, 4) is 0 Å². The van der Waals surface area contributed by atoms with Crippen LogP contribution >= 0.6 is 15.9 Å². The van der Waals surface area contributed by atoms with Gasteiger partial charge in [0.05, 0.1) is 11.1 Å². The molecule has 1 aromatic carbocycles. The summed E-state index contributed by atoms with van der Waals surface area (Å²) in [6.07, 6.45) is 0.532. The van der Waals surface area contributed by atoms with Crippen molar-refractivity contribution in [2.75, 3.05) is 38.1 Å². The van der Waals surface area contributed by atoms with E-state index >= 15 is 0 Å². The molecule has 4 nitrogen and oxygen atoms in total. The van der Waals surface area contributed by atoms with E-state index in [4.69, 9.17) is 0 Å². The minimum Gasteiger partial charge on any atom is -0.481 e. The highest BCUT2D eigenvalue weighted by molar-refractivity contribution is 9.10. The maximum atomic E-state index is 11.2. The Bertz CT molecular complexity index is 523. The van der Waals surface area contributed by atoms with Gasteiger partial charge in [0.15, 0.2) is 0 Å². The Kier molecular flexibility index (Phi) is 4.94. The molecule has 0 bridgehead atoms. The number of carboxylic acid groups (broad SMARTS) is 1. The Labute approximate surface area is 134 Å². The number of hydrogen-bond acceptors (Lipinski definition) is 3. The third kappa shape index (κ3) is 3.98. The maximum Gasteiger partial charge on any atom is 0.309 e. The second-order valence-corrected chi connectivity index (χ2v) is 7.30. The predicted octanol–water partition coefficient (Wildman–Crippen LogP) is 2.85. The molecule has 1 fully saturated rings. The third-order valence-electron chi connectivity index (χ3n) is 4.08. The van der Waals surface area contributed by atoms with Gasteiger partial charge in [-0.15, -0.1) is 0 Å². The molecule has 0 unspecified atom stereocenters. The number of halogens is 1. The van der Waals surface area contributed by atoms with Crippen LogP contribution in [0.4, 0.5) is 5.69 Å². The number of rotatable bonds is 4. The second kappa shape index (κ2) is 6.36. The lowest BCUT2D eigenvalue weighted by atomic mass is 9.86. The van der Waals surface area contributed by atoms with Crippen molar-refractivity contribution < 1.29 is 9.90 Å². The highest BCUT2D eigenvalue weighted by Gasteiger charge is 2.27. The van der Waals surface area contributed by atoms with Gasteiger partial charge in [0, 0.05) is 30.7 Å². The van der Waals surface area contributed by atoms with Crippen molar-refractivity contribution >= 4 is 27.6 Å². The fourth-order valence-electron chi connectivity index (χ4n) is 2.55. The lowest BCUT2D eigenvalue weighted by molar-refractivity contribution is -0.146. The van der Waals surface area contributed by atoms with Crippen LogP contribution in [0.15, 0.2) is 22.7 Å². The number of piperazine rings is 1. The van der Waals surface area contributed by atoms with Gasteiger partial charge in [-0.05, 0) is 60.9 Å². The Hall–Kier alpha value is -1.07. The first-order chi connectivity index (χ1) is 9.79. The number of carbonyl (C=O) groups is 1. The van der Waals surface area contributed by atoms with Crippen molar-refractivity contribution in [1.82, 2.24) is 4.90 Å². The Morgan fingerprint density at radius 1 is 1.29 bits per heavy atom. The molecule has 1 heterocycles. The molecule has 1 saturated heterocycles. The van der Waals surface area contributed by atoms with Crippen LogP contribution in [-0.2, 0) is 11.2 Å². The smallest absolute Gasteiger partial charge is 0.309 e. The molecule has 0 atom stereocenters. The minimum atomic E-state index is -0.762. The molecular formula is C16H23BrN2O2. The van der Waals surface area contributed by atoms with Crippen molar-refractivity contribution in [3.05, 3.63) is 28.2 Å². The van der Waals surface area contributed by atoms with Gasteiger partial charge in [-0.2, -0.15) is 0 Å². The first-order valence-electron chi connectivity index (χ1n) is 7.25. The zero-order valence-corrected chi connectivity index (χ0v) is 14.5. The zero-order valence-electron chi connectivity index (χ0n) is 12.9. The zero-order chi connectivity index (χ0) is 15.6. The summed E-state index contributed by atoms with van der Waals surface area (Å²) < 4.78 is 1.05. The number of hydrogen-bond donors (Lipinski definition) is 1. The molecule has 0 aliphatic carbocycles. The SMILES string of the molecule is CN1CCN(c2ccc(CC(C)(C)C(=O)O)cc2Br)CC1. The molecule has 0 radical (unpaired) electrons. The molecule has 116 valence electrons. The molecular weight excluding hydrogens is 332 g/mol. The monoisotopic (exact) mass is 354 g/mol. The number of likely N-dealkylation sites (N-methyl/N-ethyl adjacent to an activating group) is 1. The Morgan fingerprint density at radius 3 is 2.43 bits per heavy atom. The van der Waals surface area contributed by atoms with Crippen LogP contribution < -0.4 is 4.90 Å². The summed E-state index contributed by atoms with van der Waals surface area (Å²) in [4.78, 5) is 15.9. The molecule has 21 heavy (non-hydrogen) atoms. The second-order valence-electron chi connectivity index (χ2n) is 6.44. The van der Waals surface area contributed by atoms with E-state index in [9.17, 15) is 9.90 Å². The van der Waals surface area contributed by atoms with Crippen LogP contribution in [0, 0.1) is 5.41 Å². The Morgan fingerprint density at radius 2 is 1.90 bits per heavy atom. The highest BCUT2D eigenvalue weighted by Crippen LogP contribution is 2.31. The summed E-state index contributed by atoms with van der Waals surface area (Å²) in [6, 6.07) is 6.20. The van der Waals surface area contributed by atoms with Crippen LogP contribution in [0.25, 0.3) is 0 Å². The minimum absolute atomic E-state index is 0.532. The first kappa shape index (κ1) is 16.3. The van der Waals surface area contributed by atoms with Gasteiger partial charge in [-0.25, -0.2) is 0 Å². The predicted molar refractivity (Wildman–Crippen MR) is 89.0 cm³/mol. The summed E-state index contributed by atoms with van der Waals surface area (Å²) in [5, 5.41) is 9.23. The molecule has 0 amide bonds. The first-order valence-corrected chi connectivity index (χ1v) is 8.04. The average molecular weight is 355 g/mol. The van der Waals surface area contributed by atoms with E-state index in [-0.39, 0.29) is 0 Å². The molecule has 1 aliphatic heterocycles. The standard InChI is InChI=1S/C16H23BrN2O2/c1-16(2,15(20)21)11-12-4-5-14(13(17)10-12)19-8-6-18(3)7-9-19/h4-5,10H,6-9,11H2,1-3H3,(H,20,21). The van der Waals surface area contributed by atoms with Crippen LogP contribution in [0.2, 0.25) is 0 Å². The Balaban J connectivity index is 2.12. The number of carboxylic acids is 1. The van der Waals surface area contributed by atoms with Gasteiger partial charge in [-0.1, -0.05) is 6.07 Å². The molecule has 1 aliphatic rings. The molecule has 0 aromatic heterocycles. The van der Waals surface area contributed by atoms with Crippen LogP contribution in [0.3, 0.4) is 0 Å². The van der Waals surface area contributed by atoms with E-state index in [1.807, 2.05) is 6.07 Å². The molecule has 5 heteroatoms. The maximum absolute atomic E-state index is 11.2. The van der Waals surface area contributed by atoms with Gasteiger partial charge < -0.3 is 14.9 Å². The highest BCUT2D eigenvalue weighted by atomic mass is 79.9. The van der Waals surface area contributed by atoms with E-state index < -0.39 is 11.4 Å². The van der Waals surface area contributed by atoms with E-state index in [2.05, 4.69) is 44.9 Å². The van der Waals surface area contributed by atoms with Gasteiger partial charge in [0.25, 0.3) is 0 Å². The van der Waals surface area contributed by atoms with Crippen molar-refractivity contribution in [1.29, 1.82) is 0 Å². The van der Waals surface area contributed by atoms with Gasteiger partial charge in [-0.3, -0.25) is 4.79 Å². The van der Waals surface area contributed by atoms with E-state index in [1.165, 1.54) is 5.69 Å². The summed E-state index contributed by atoms with van der Waals surface area (Å²) in [5.74, 6) is -0.762. The van der Waals surface area contributed by atoms with Gasteiger partial charge in [0.2, 0.25) is 0 Å². The lowest BCUT2D eigenvalue weighted by Crippen LogP contribution is -2.44. The van der Waals surface area contributed by atoms with Crippen molar-refractivity contribution in [2.24, 2.45) is 5.41 Å². The summed E-state index contributed by atoms with van der Waals surface area (Å²) in [6.45, 7) is 7.71. The van der Waals surface area contributed by atoms with Gasteiger partial charge >= 0.3 is 5.97 Å². The van der Waals surface area contributed by atoms with Gasteiger partial charge in [0.1, 0.15) is 0 Å². The van der Waals surface area contributed by atoms with Crippen LogP contribution in [-0.4, -0.2) is 49.2 Å². The van der Waals surface area contributed by atoms with E-state index in [0.717, 1.165) is 36.2 Å². The molecule has 2 rings (SSSR count). The molecule has 1 aromatic rings. The van der Waals surface area contributed by atoms with Crippen LogP contribution in [0.5, 0.6) is 0 Å². The summed E-state index contributed by atoms with van der Waals surface area (Å²) in [7, 11) is 2.14. The van der Waals surface area contributed by atoms with E-state index in [1.54, 1.807) is 13.8 Å². The third-order valence-corrected chi connectivity index (χ3v) is 4.72. The number of benzene rings is 1. The number of nitrogens with zero attached hydrogens (tertiary/aromatic N) is 2. The number of aliphatic carboxylic acids is 1. The molecule has 0 saturated carbocycles. The summed E-state index contributed by atoms with van der Waals surface area (Å²) in [5.41, 5.74) is 1.50. The molecule has 0 spiro atoms. The van der Waals surface area contributed by atoms with E-state index in [0.29, 0.717) is 6.42 Å². The fourth-order valence-corrected chi connectivity index (χ4v) is 3.23. The normalized spacial score (nSPS) is 17.0. The largest absolute Gasteiger partial charge is 0.481 e. The summed E-state index contributed by atoms with van der Waals surface area (Å²) >= 11 is 3.64. The van der Waals surface area contributed by atoms with Crippen molar-refractivity contribution in [3.63, 3.8) is 0 Å².